The summed E-state index contributed by atoms with van der Waals surface area (Å²) in [5.74, 6) is -0.445. The quantitative estimate of drug-likeness (QED) is 0.341. The lowest BCUT2D eigenvalue weighted by Gasteiger charge is -2.27. The molecular formula is C24H16N2O5. The van der Waals surface area contributed by atoms with Crippen LogP contribution in [0.4, 0.5) is 11.4 Å². The number of hydrogen-bond donors (Lipinski definition) is 0. The highest BCUT2D eigenvalue weighted by atomic mass is 16.6. The number of imide groups is 1. The maximum atomic E-state index is 13.2. The maximum absolute atomic E-state index is 13.2. The van der Waals surface area contributed by atoms with Gasteiger partial charge in [-0.1, -0.05) is 30.4 Å². The second kappa shape index (κ2) is 7.21. The molecule has 0 spiro atoms. The van der Waals surface area contributed by atoms with Crippen LogP contribution in [0.5, 0.6) is 5.75 Å². The van der Waals surface area contributed by atoms with Crippen LogP contribution in [-0.2, 0) is 0 Å². The van der Waals surface area contributed by atoms with Crippen molar-refractivity contribution in [2.24, 2.45) is 0 Å². The first-order valence-corrected chi connectivity index (χ1v) is 9.71. The van der Waals surface area contributed by atoms with Gasteiger partial charge in [0.1, 0.15) is 12.4 Å². The van der Waals surface area contributed by atoms with Crippen LogP contribution in [0.1, 0.15) is 27.1 Å². The molecule has 0 saturated heterocycles. The molecule has 31 heavy (non-hydrogen) atoms. The first kappa shape index (κ1) is 18.7. The zero-order valence-corrected chi connectivity index (χ0v) is 16.3. The molecule has 3 aromatic rings. The molecule has 2 aliphatic rings. The van der Waals surface area contributed by atoms with Crippen LogP contribution >= 0.6 is 0 Å². The van der Waals surface area contributed by atoms with Gasteiger partial charge in [-0.2, -0.15) is 0 Å². The summed E-state index contributed by atoms with van der Waals surface area (Å²) < 4.78 is 5.75. The van der Waals surface area contributed by atoms with E-state index in [1.54, 1.807) is 42.5 Å². The molecule has 0 saturated carbocycles. The first-order valence-electron chi connectivity index (χ1n) is 9.71. The predicted octanol–water partition coefficient (Wildman–Crippen LogP) is 4.81. The number of nitro benzene ring substituents is 1. The SMILES string of the molecule is O=C1c2cccc3cc([N+](=O)[O-])cc(c23)C(=O)N1c1ccc(OCC2=CCC=C2)cc1. The molecule has 1 heterocycles. The molecular weight excluding hydrogens is 396 g/mol. The fraction of sp³-hybridized carbons (Fsp3) is 0.0833. The van der Waals surface area contributed by atoms with Gasteiger partial charge in [-0.3, -0.25) is 19.7 Å². The molecule has 7 heteroatoms. The summed E-state index contributed by atoms with van der Waals surface area (Å²) in [5.41, 5.74) is 1.75. The summed E-state index contributed by atoms with van der Waals surface area (Å²) in [6.07, 6.45) is 7.05. The van der Waals surface area contributed by atoms with Gasteiger partial charge in [0.25, 0.3) is 17.5 Å². The minimum Gasteiger partial charge on any atom is -0.489 e. The number of nitrogens with zero attached hydrogens (tertiary/aromatic N) is 2. The summed E-state index contributed by atoms with van der Waals surface area (Å²) >= 11 is 0. The van der Waals surface area contributed by atoms with E-state index < -0.39 is 16.7 Å². The van der Waals surface area contributed by atoms with Gasteiger partial charge < -0.3 is 4.74 Å². The fourth-order valence-corrected chi connectivity index (χ4v) is 3.90. The first-order chi connectivity index (χ1) is 15.0. The van der Waals surface area contributed by atoms with Crippen molar-refractivity contribution >= 4 is 34.0 Å². The summed E-state index contributed by atoms with van der Waals surface area (Å²) in [4.78, 5) is 38.2. The normalized spacial score (nSPS) is 14.8. The number of carbonyl (C=O) groups is 2. The van der Waals surface area contributed by atoms with E-state index in [2.05, 4.69) is 12.2 Å². The summed E-state index contributed by atoms with van der Waals surface area (Å²) in [7, 11) is 0. The maximum Gasteiger partial charge on any atom is 0.270 e. The van der Waals surface area contributed by atoms with Crippen LogP contribution in [0, 0.1) is 10.1 Å². The number of non-ortho nitro benzene ring substituents is 1. The Morgan fingerprint density at radius 1 is 1.00 bits per heavy atom. The Hall–Kier alpha value is -4.26. The number of nitro groups is 1. The fourth-order valence-electron chi connectivity index (χ4n) is 3.90. The molecule has 0 unspecified atom stereocenters. The van der Waals surface area contributed by atoms with Gasteiger partial charge >= 0.3 is 0 Å². The van der Waals surface area contributed by atoms with Crippen LogP contribution in [-0.4, -0.2) is 23.3 Å². The van der Waals surface area contributed by atoms with E-state index >= 15 is 0 Å². The van der Waals surface area contributed by atoms with Crippen LogP contribution in [0.2, 0.25) is 0 Å². The number of benzene rings is 3. The molecule has 0 atom stereocenters. The molecule has 3 aromatic carbocycles. The van der Waals surface area contributed by atoms with Gasteiger partial charge in [-0.15, -0.1) is 0 Å². The Morgan fingerprint density at radius 3 is 2.48 bits per heavy atom. The second-order valence-electron chi connectivity index (χ2n) is 7.30. The Kier molecular flexibility index (Phi) is 4.36. The third kappa shape index (κ3) is 3.16. The van der Waals surface area contributed by atoms with Crippen molar-refractivity contribution in [3.63, 3.8) is 0 Å². The molecule has 0 N–H and O–H groups in total. The minimum absolute atomic E-state index is 0.139. The van der Waals surface area contributed by atoms with E-state index in [0.717, 1.165) is 16.9 Å². The zero-order chi connectivity index (χ0) is 21.5. The predicted molar refractivity (Wildman–Crippen MR) is 116 cm³/mol. The van der Waals surface area contributed by atoms with E-state index in [9.17, 15) is 19.7 Å². The van der Waals surface area contributed by atoms with Gasteiger partial charge in [0, 0.05) is 23.1 Å². The number of rotatable bonds is 5. The molecule has 2 amide bonds. The molecule has 5 rings (SSSR count). The van der Waals surface area contributed by atoms with E-state index in [-0.39, 0.29) is 11.3 Å². The van der Waals surface area contributed by atoms with Crippen molar-refractivity contribution in [1.29, 1.82) is 0 Å². The van der Waals surface area contributed by atoms with Crippen molar-refractivity contribution in [2.75, 3.05) is 11.5 Å². The number of hydrogen-bond acceptors (Lipinski definition) is 5. The number of amides is 2. The molecule has 1 aliphatic carbocycles. The number of ether oxygens (including phenoxy) is 1. The Morgan fingerprint density at radius 2 is 1.77 bits per heavy atom. The topological polar surface area (TPSA) is 89.8 Å². The highest BCUT2D eigenvalue weighted by Gasteiger charge is 2.35. The lowest BCUT2D eigenvalue weighted by Crippen LogP contribution is -2.40. The van der Waals surface area contributed by atoms with E-state index in [1.165, 1.54) is 12.1 Å². The Bertz CT molecular complexity index is 1320. The summed E-state index contributed by atoms with van der Waals surface area (Å²) in [5, 5.41) is 12.3. The molecule has 1 aliphatic heterocycles. The van der Waals surface area contributed by atoms with Gasteiger partial charge in [0.05, 0.1) is 16.2 Å². The second-order valence-corrected chi connectivity index (χ2v) is 7.30. The number of anilines is 1. The third-order valence-corrected chi connectivity index (χ3v) is 5.39. The van der Waals surface area contributed by atoms with Gasteiger partial charge in [0.15, 0.2) is 0 Å². The molecule has 0 aromatic heterocycles. The zero-order valence-electron chi connectivity index (χ0n) is 16.3. The third-order valence-electron chi connectivity index (χ3n) is 5.39. The van der Waals surface area contributed by atoms with Crippen molar-refractivity contribution in [2.45, 2.75) is 6.42 Å². The van der Waals surface area contributed by atoms with Crippen molar-refractivity contribution in [1.82, 2.24) is 0 Å². The molecule has 0 fully saturated rings. The summed E-state index contributed by atoms with van der Waals surface area (Å²) in [6.45, 7) is 0.441. The van der Waals surface area contributed by atoms with E-state index in [4.69, 9.17) is 4.74 Å². The number of allylic oxidation sites excluding steroid dienone is 2. The van der Waals surface area contributed by atoms with Gasteiger partial charge in [-0.05, 0) is 47.7 Å². The monoisotopic (exact) mass is 412 g/mol. The Labute approximate surface area is 177 Å². The van der Waals surface area contributed by atoms with Crippen LogP contribution in [0.25, 0.3) is 10.8 Å². The van der Waals surface area contributed by atoms with Crippen LogP contribution in [0.3, 0.4) is 0 Å². The van der Waals surface area contributed by atoms with E-state index in [1.807, 2.05) is 6.08 Å². The van der Waals surface area contributed by atoms with Crippen molar-refractivity contribution in [3.05, 3.63) is 99.6 Å². The molecule has 152 valence electrons. The minimum atomic E-state index is -0.590. The smallest absolute Gasteiger partial charge is 0.270 e. The van der Waals surface area contributed by atoms with Gasteiger partial charge in [0.2, 0.25) is 0 Å². The average Bonchev–Trinajstić information content (AvgIpc) is 3.30. The standard InChI is InChI=1S/C24H16N2O5/c27-23-20-7-3-6-16-12-18(26(29)30)13-21(22(16)20)24(28)25(23)17-8-10-19(11-9-17)31-14-15-4-1-2-5-15/h1,3-13H,2,14H2. The average molecular weight is 412 g/mol. The van der Waals surface area contributed by atoms with Crippen molar-refractivity contribution < 1.29 is 19.2 Å². The van der Waals surface area contributed by atoms with E-state index in [0.29, 0.717) is 34.4 Å². The number of carbonyl (C=O) groups excluding carboxylic acids is 2. The van der Waals surface area contributed by atoms with Crippen molar-refractivity contribution in [3.8, 4) is 5.75 Å². The summed E-state index contributed by atoms with van der Waals surface area (Å²) in [6, 6.07) is 14.2. The van der Waals surface area contributed by atoms with Crippen LogP contribution < -0.4 is 9.64 Å². The molecule has 0 bridgehead atoms. The van der Waals surface area contributed by atoms with Gasteiger partial charge in [-0.25, -0.2) is 4.90 Å². The molecule has 7 nitrogen and oxygen atoms in total. The highest BCUT2D eigenvalue weighted by molar-refractivity contribution is 6.36. The van der Waals surface area contributed by atoms with Crippen LogP contribution in [0.15, 0.2) is 78.4 Å². The molecule has 0 radical (unpaired) electrons. The Balaban J connectivity index is 1.50. The lowest BCUT2D eigenvalue weighted by molar-refractivity contribution is -0.384. The highest BCUT2D eigenvalue weighted by Crippen LogP contribution is 2.35. The largest absolute Gasteiger partial charge is 0.489 e. The lowest BCUT2D eigenvalue weighted by atomic mass is 9.93.